The van der Waals surface area contributed by atoms with Crippen LogP contribution in [0, 0.1) is 11.3 Å². The number of nitrogens with zero attached hydrogens (tertiary/aromatic N) is 1. The van der Waals surface area contributed by atoms with Gasteiger partial charge in [0.05, 0.1) is 11.6 Å². The molecule has 1 atom stereocenters. The van der Waals surface area contributed by atoms with Gasteiger partial charge in [-0.25, -0.2) is 0 Å². The molecule has 0 fully saturated rings. The van der Waals surface area contributed by atoms with Gasteiger partial charge in [0.2, 0.25) is 0 Å². The smallest absolute Gasteiger partial charge is 0.319 e. The van der Waals surface area contributed by atoms with E-state index in [9.17, 15) is 22.0 Å². The van der Waals surface area contributed by atoms with Crippen LogP contribution in [0.3, 0.4) is 0 Å². The van der Waals surface area contributed by atoms with Crippen LogP contribution in [0.25, 0.3) is 0 Å². The number of nitrogens with two attached hydrogens (primary N) is 1. The van der Waals surface area contributed by atoms with E-state index in [0.717, 1.165) is 24.3 Å². The van der Waals surface area contributed by atoms with Crippen molar-refractivity contribution in [1.82, 2.24) is 0 Å². The molecule has 0 spiro atoms. The number of nitriles is 1. The molecule has 1 aromatic carbocycles. The van der Waals surface area contributed by atoms with Crippen molar-refractivity contribution in [3.63, 3.8) is 0 Å². The van der Waals surface area contributed by atoms with Crippen LogP contribution in [-0.2, 0) is 0 Å². The average molecular weight is 250 g/mol. The van der Waals surface area contributed by atoms with Crippen molar-refractivity contribution in [3.05, 3.63) is 35.4 Å². The summed E-state index contributed by atoms with van der Waals surface area (Å²) in [5.41, 5.74) is 4.66. The minimum Gasteiger partial charge on any atom is -0.319 e. The predicted octanol–water partition coefficient (Wildman–Crippen LogP) is 2.76. The first-order valence-corrected chi connectivity index (χ1v) is 4.40. The van der Waals surface area contributed by atoms with E-state index in [2.05, 4.69) is 0 Å². The third-order valence-electron chi connectivity index (χ3n) is 2.17. The number of benzene rings is 1. The molecule has 1 rings (SSSR count). The Balaban J connectivity index is 3.04. The summed E-state index contributed by atoms with van der Waals surface area (Å²) >= 11 is 0. The zero-order valence-electron chi connectivity index (χ0n) is 8.30. The standard InChI is InChI=1S/C10H7F5N2/c11-9(12,10(13,14)15)8(17)7-3-1-6(5-16)2-4-7/h1-4,8H,17H2/t8-/m1/s1. The average Bonchev–Trinajstić information content (AvgIpc) is 2.26. The largest absolute Gasteiger partial charge is 0.455 e. The van der Waals surface area contributed by atoms with Gasteiger partial charge in [-0.2, -0.15) is 27.2 Å². The summed E-state index contributed by atoms with van der Waals surface area (Å²) < 4.78 is 61.9. The summed E-state index contributed by atoms with van der Waals surface area (Å²) in [6.07, 6.45) is -5.71. The molecule has 0 unspecified atom stereocenters. The van der Waals surface area contributed by atoms with E-state index in [1.807, 2.05) is 0 Å². The summed E-state index contributed by atoms with van der Waals surface area (Å²) in [7, 11) is 0. The van der Waals surface area contributed by atoms with Gasteiger partial charge >= 0.3 is 12.1 Å². The van der Waals surface area contributed by atoms with E-state index in [1.165, 1.54) is 0 Å². The highest BCUT2D eigenvalue weighted by molar-refractivity contribution is 5.33. The van der Waals surface area contributed by atoms with E-state index in [1.54, 1.807) is 6.07 Å². The predicted molar refractivity (Wildman–Crippen MR) is 49.1 cm³/mol. The summed E-state index contributed by atoms with van der Waals surface area (Å²) in [5, 5.41) is 8.45. The maximum atomic E-state index is 12.9. The Morgan fingerprint density at radius 3 is 1.88 bits per heavy atom. The first-order chi connectivity index (χ1) is 7.70. The monoisotopic (exact) mass is 250 g/mol. The molecule has 0 aromatic heterocycles. The van der Waals surface area contributed by atoms with Crippen LogP contribution in [-0.4, -0.2) is 12.1 Å². The third-order valence-corrected chi connectivity index (χ3v) is 2.17. The second kappa shape index (κ2) is 4.30. The number of hydrogen-bond acceptors (Lipinski definition) is 2. The zero-order valence-corrected chi connectivity index (χ0v) is 8.30. The lowest BCUT2D eigenvalue weighted by Gasteiger charge is -2.25. The van der Waals surface area contributed by atoms with Crippen LogP contribution in [0.1, 0.15) is 17.2 Å². The third kappa shape index (κ3) is 2.53. The molecule has 1 aromatic rings. The summed E-state index contributed by atoms with van der Waals surface area (Å²) in [5.74, 6) is -5.01. The highest BCUT2D eigenvalue weighted by atomic mass is 19.4. The van der Waals surface area contributed by atoms with Crippen LogP contribution < -0.4 is 5.73 Å². The minimum absolute atomic E-state index is 0.149. The number of hydrogen-bond donors (Lipinski definition) is 1. The van der Waals surface area contributed by atoms with E-state index in [0.29, 0.717) is 0 Å². The van der Waals surface area contributed by atoms with Crippen LogP contribution in [0.2, 0.25) is 0 Å². The van der Waals surface area contributed by atoms with Gasteiger partial charge < -0.3 is 5.73 Å². The molecule has 0 aliphatic heterocycles. The Hall–Kier alpha value is -1.68. The summed E-state index contributed by atoms with van der Waals surface area (Å²) in [4.78, 5) is 0. The summed E-state index contributed by atoms with van der Waals surface area (Å²) in [6.45, 7) is 0. The number of halogens is 5. The van der Waals surface area contributed by atoms with Crippen molar-refractivity contribution in [3.8, 4) is 6.07 Å². The van der Waals surface area contributed by atoms with Gasteiger partial charge in [0.25, 0.3) is 0 Å². The fraction of sp³-hybridized carbons (Fsp3) is 0.300. The topological polar surface area (TPSA) is 49.8 Å². The van der Waals surface area contributed by atoms with Crippen molar-refractivity contribution < 1.29 is 22.0 Å². The van der Waals surface area contributed by atoms with Crippen LogP contribution in [0.5, 0.6) is 0 Å². The molecule has 17 heavy (non-hydrogen) atoms. The van der Waals surface area contributed by atoms with Crippen LogP contribution in [0.4, 0.5) is 22.0 Å². The maximum absolute atomic E-state index is 12.9. The maximum Gasteiger partial charge on any atom is 0.455 e. The Bertz CT molecular complexity index is 429. The number of rotatable bonds is 2. The number of alkyl halides is 5. The first kappa shape index (κ1) is 13.4. The van der Waals surface area contributed by atoms with Crippen molar-refractivity contribution in [1.29, 1.82) is 5.26 Å². The Labute approximate surface area is 93.5 Å². The fourth-order valence-electron chi connectivity index (χ4n) is 1.15. The lowest BCUT2D eigenvalue weighted by molar-refractivity contribution is -0.291. The minimum atomic E-state index is -5.71. The van der Waals surface area contributed by atoms with E-state index in [-0.39, 0.29) is 11.1 Å². The van der Waals surface area contributed by atoms with Gasteiger partial charge in [0, 0.05) is 0 Å². The van der Waals surface area contributed by atoms with Gasteiger partial charge in [-0.1, -0.05) is 12.1 Å². The highest BCUT2D eigenvalue weighted by Gasteiger charge is 2.61. The van der Waals surface area contributed by atoms with Gasteiger partial charge in [-0.05, 0) is 17.7 Å². The van der Waals surface area contributed by atoms with Gasteiger partial charge in [-0.15, -0.1) is 0 Å². The molecule has 0 heterocycles. The molecule has 0 bridgehead atoms. The second-order valence-corrected chi connectivity index (χ2v) is 3.33. The molecule has 0 radical (unpaired) electrons. The molecule has 2 nitrogen and oxygen atoms in total. The van der Waals surface area contributed by atoms with Gasteiger partial charge in [0.1, 0.15) is 6.04 Å². The van der Waals surface area contributed by atoms with E-state index in [4.69, 9.17) is 11.0 Å². The fourth-order valence-corrected chi connectivity index (χ4v) is 1.15. The SMILES string of the molecule is N#Cc1ccc([C@@H](N)C(F)(F)C(F)(F)F)cc1. The molecule has 0 amide bonds. The Morgan fingerprint density at radius 1 is 1.06 bits per heavy atom. The summed E-state index contributed by atoms with van der Waals surface area (Å²) in [6, 6.07) is 3.42. The van der Waals surface area contributed by atoms with Crippen molar-refractivity contribution in [2.75, 3.05) is 0 Å². The van der Waals surface area contributed by atoms with E-state index >= 15 is 0 Å². The molecule has 0 saturated heterocycles. The molecular formula is C10H7F5N2. The molecule has 0 saturated carbocycles. The second-order valence-electron chi connectivity index (χ2n) is 3.33. The van der Waals surface area contributed by atoms with Crippen molar-refractivity contribution in [2.24, 2.45) is 5.73 Å². The molecule has 2 N–H and O–H groups in total. The molecular weight excluding hydrogens is 243 g/mol. The molecule has 7 heteroatoms. The van der Waals surface area contributed by atoms with Crippen molar-refractivity contribution in [2.45, 2.75) is 18.1 Å². The Morgan fingerprint density at radius 2 is 1.53 bits per heavy atom. The van der Waals surface area contributed by atoms with Gasteiger partial charge in [-0.3, -0.25) is 0 Å². The molecule has 0 aliphatic rings. The normalized spacial score (nSPS) is 14.2. The zero-order chi connectivity index (χ0) is 13.3. The van der Waals surface area contributed by atoms with Gasteiger partial charge in [0.15, 0.2) is 0 Å². The van der Waals surface area contributed by atoms with Crippen LogP contribution in [0.15, 0.2) is 24.3 Å². The highest BCUT2D eigenvalue weighted by Crippen LogP contribution is 2.43. The first-order valence-electron chi connectivity index (χ1n) is 4.40. The lowest BCUT2D eigenvalue weighted by Crippen LogP contribution is -2.45. The quantitative estimate of drug-likeness (QED) is 0.820. The van der Waals surface area contributed by atoms with E-state index < -0.39 is 18.1 Å². The Kier molecular flexibility index (Phi) is 3.38. The van der Waals surface area contributed by atoms with Crippen molar-refractivity contribution >= 4 is 0 Å². The lowest BCUT2D eigenvalue weighted by atomic mass is 10.00. The van der Waals surface area contributed by atoms with Crippen LogP contribution >= 0.6 is 0 Å². The molecule has 0 aliphatic carbocycles. The molecule has 92 valence electrons.